The Kier molecular flexibility index (Phi) is 5.04. The van der Waals surface area contributed by atoms with E-state index in [4.69, 9.17) is 11.6 Å². The number of hydrogen-bond donors (Lipinski definition) is 0. The molecule has 5 nitrogen and oxygen atoms in total. The van der Waals surface area contributed by atoms with Crippen molar-refractivity contribution in [2.45, 2.75) is 32.6 Å². The quantitative estimate of drug-likeness (QED) is 0.236. The highest BCUT2D eigenvalue weighted by Gasteiger charge is 2.61. The van der Waals surface area contributed by atoms with E-state index in [0.717, 1.165) is 55.5 Å². The van der Waals surface area contributed by atoms with E-state index in [1.807, 2.05) is 69.3 Å². The van der Waals surface area contributed by atoms with Gasteiger partial charge in [0.05, 0.1) is 18.1 Å². The Morgan fingerprint density at radius 3 is 1.82 bits per heavy atom. The largest absolute Gasteiger partial charge is 0.318 e. The molecule has 2 heterocycles. The molecule has 188 valence electrons. The number of carbonyl (C=O) groups excluding carboxylic acids is 2. The van der Waals surface area contributed by atoms with Gasteiger partial charge in [0.2, 0.25) is 0 Å². The number of benzene rings is 3. The van der Waals surface area contributed by atoms with Crippen LogP contribution in [0.3, 0.4) is 0 Å². The highest BCUT2D eigenvalue weighted by molar-refractivity contribution is 6.30. The summed E-state index contributed by atoms with van der Waals surface area (Å²) in [5.74, 6) is -1.56. The molecule has 6 heteroatoms. The third kappa shape index (κ3) is 3.08. The second kappa shape index (κ2) is 8.27. The number of carbonyl (C=O) groups is 2. The minimum absolute atomic E-state index is 0.134. The lowest BCUT2D eigenvalue weighted by Crippen LogP contribution is -2.41. The molecular weight excluding hydrogens is 494 g/mol. The number of rotatable bonds is 3. The number of hydrazone groups is 1. The third-order valence-electron chi connectivity index (χ3n) is 8.62. The van der Waals surface area contributed by atoms with E-state index >= 15 is 0 Å². The Hall–Kier alpha value is -3.96. The highest BCUT2D eigenvalue weighted by atomic mass is 35.5. The maximum atomic E-state index is 13.8. The Labute approximate surface area is 226 Å². The van der Waals surface area contributed by atoms with Crippen LogP contribution in [0, 0.1) is 32.6 Å². The molecule has 8 rings (SSSR count). The monoisotopic (exact) mass is 519 g/mol. The Balaban J connectivity index is 1.27. The average Bonchev–Trinajstić information content (AvgIpc) is 3.35. The summed E-state index contributed by atoms with van der Waals surface area (Å²) in [6, 6.07) is 24.3. The normalized spacial score (nSPS) is 23.2. The molecule has 0 radical (unpaired) electrons. The number of imide groups is 1. The summed E-state index contributed by atoms with van der Waals surface area (Å²) >= 11 is 6.29. The van der Waals surface area contributed by atoms with Gasteiger partial charge in [0, 0.05) is 39.5 Å². The zero-order valence-corrected chi connectivity index (χ0v) is 22.1. The lowest BCUT2D eigenvalue weighted by Gasteiger charge is -2.45. The Bertz CT molecular complexity index is 1590. The fourth-order valence-electron chi connectivity index (χ4n) is 7.01. The van der Waals surface area contributed by atoms with Crippen molar-refractivity contribution < 1.29 is 9.59 Å². The first kappa shape index (κ1) is 23.2. The zero-order valence-electron chi connectivity index (χ0n) is 21.4. The van der Waals surface area contributed by atoms with Crippen LogP contribution in [0.1, 0.15) is 56.6 Å². The molecule has 0 spiro atoms. The predicted molar refractivity (Wildman–Crippen MR) is 148 cm³/mol. The van der Waals surface area contributed by atoms with Crippen LogP contribution in [0.2, 0.25) is 5.02 Å². The van der Waals surface area contributed by atoms with Crippen LogP contribution in [0.15, 0.2) is 77.9 Å². The van der Waals surface area contributed by atoms with Crippen LogP contribution in [0.4, 0.5) is 0 Å². The number of nitrogens with zero attached hydrogens (tertiary/aromatic N) is 3. The molecule has 0 saturated carbocycles. The number of amides is 2. The first-order chi connectivity index (χ1) is 18.4. The molecule has 3 aromatic carbocycles. The molecule has 4 aliphatic rings. The number of hydrogen-bond acceptors (Lipinski definition) is 3. The van der Waals surface area contributed by atoms with Gasteiger partial charge in [0.25, 0.3) is 11.8 Å². The molecule has 38 heavy (non-hydrogen) atoms. The first-order valence-electron chi connectivity index (χ1n) is 12.9. The summed E-state index contributed by atoms with van der Waals surface area (Å²) in [6.07, 6.45) is 1.65. The van der Waals surface area contributed by atoms with E-state index < -0.39 is 11.8 Å². The smallest absolute Gasteiger partial charge is 0.254 e. The van der Waals surface area contributed by atoms with E-state index in [9.17, 15) is 9.59 Å². The maximum absolute atomic E-state index is 13.8. The van der Waals surface area contributed by atoms with Gasteiger partial charge in [-0.15, -0.1) is 0 Å². The summed E-state index contributed by atoms with van der Waals surface area (Å²) in [5.41, 5.74) is 9.57. The van der Waals surface area contributed by atoms with Crippen molar-refractivity contribution >= 4 is 29.6 Å². The maximum Gasteiger partial charge on any atom is 0.254 e. The summed E-state index contributed by atoms with van der Waals surface area (Å²) in [4.78, 5) is 27.6. The van der Waals surface area contributed by atoms with Crippen molar-refractivity contribution in [3.05, 3.63) is 123 Å². The van der Waals surface area contributed by atoms with E-state index in [0.29, 0.717) is 5.02 Å². The van der Waals surface area contributed by atoms with Crippen molar-refractivity contribution in [3.63, 3.8) is 0 Å². The van der Waals surface area contributed by atoms with Crippen molar-refractivity contribution in [3.8, 4) is 5.69 Å². The van der Waals surface area contributed by atoms with Gasteiger partial charge in [-0.05, 0) is 66.8 Å². The van der Waals surface area contributed by atoms with Crippen LogP contribution in [0.5, 0.6) is 0 Å². The van der Waals surface area contributed by atoms with Crippen molar-refractivity contribution in [1.82, 2.24) is 9.58 Å². The number of aromatic nitrogens is 1. The predicted octanol–water partition coefficient (Wildman–Crippen LogP) is 6.28. The molecule has 1 aliphatic heterocycles. The van der Waals surface area contributed by atoms with Crippen LogP contribution in [-0.2, 0) is 9.59 Å². The fourth-order valence-corrected chi connectivity index (χ4v) is 7.17. The van der Waals surface area contributed by atoms with Crippen molar-refractivity contribution in [2.75, 3.05) is 0 Å². The highest BCUT2D eigenvalue weighted by Crippen LogP contribution is 2.60. The van der Waals surface area contributed by atoms with Crippen LogP contribution in [-0.4, -0.2) is 27.6 Å². The molecule has 0 unspecified atom stereocenters. The molecule has 2 bridgehead atoms. The van der Waals surface area contributed by atoms with Gasteiger partial charge >= 0.3 is 0 Å². The summed E-state index contributed by atoms with van der Waals surface area (Å²) < 4.78 is 2.13. The van der Waals surface area contributed by atoms with E-state index in [1.165, 1.54) is 0 Å². The SMILES string of the molecule is Cc1ccc(Cl)cc1-n1c(C)cc(/C=N\N2C(=O)[C@@H]3C4c5ccccc5C(c5ccccc54)[C@H]3C2=O)c1C. The van der Waals surface area contributed by atoms with Gasteiger partial charge in [-0.2, -0.15) is 10.1 Å². The van der Waals surface area contributed by atoms with Crippen molar-refractivity contribution in [2.24, 2.45) is 16.9 Å². The molecule has 0 N–H and O–H groups in total. The number of halogens is 1. The van der Waals surface area contributed by atoms with Gasteiger partial charge in [0.1, 0.15) is 0 Å². The minimum Gasteiger partial charge on any atom is -0.318 e. The molecule has 3 aliphatic carbocycles. The second-order valence-corrected chi connectivity index (χ2v) is 11.0. The summed E-state index contributed by atoms with van der Waals surface area (Å²) in [7, 11) is 0. The van der Waals surface area contributed by atoms with Gasteiger partial charge in [-0.1, -0.05) is 66.2 Å². The zero-order chi connectivity index (χ0) is 26.3. The van der Waals surface area contributed by atoms with Gasteiger partial charge in [-0.25, -0.2) is 0 Å². The topological polar surface area (TPSA) is 54.7 Å². The number of aryl methyl sites for hydroxylation is 2. The molecule has 1 fully saturated rings. The molecule has 4 aromatic rings. The molecular formula is C32H26ClN3O2. The molecule has 2 atom stereocenters. The Morgan fingerprint density at radius 2 is 1.29 bits per heavy atom. The van der Waals surface area contributed by atoms with E-state index in [1.54, 1.807) is 6.21 Å². The lowest BCUT2D eigenvalue weighted by molar-refractivity contribution is -0.139. The molecule has 1 saturated heterocycles. The van der Waals surface area contributed by atoms with Crippen LogP contribution >= 0.6 is 11.6 Å². The van der Waals surface area contributed by atoms with Crippen LogP contribution < -0.4 is 0 Å². The standard InChI is InChI=1S/C32H26ClN3O2/c1-17-12-13-21(33)15-26(17)35-18(2)14-20(19(35)3)16-34-36-31(37)29-27-22-8-4-5-9-23(22)28(30(29)32(36)38)25-11-7-6-10-24(25)27/h4-16,27-30H,1-3H3/b34-16-/t27?,28?,29-,30-/m1/s1. The van der Waals surface area contributed by atoms with E-state index in [2.05, 4.69) is 33.9 Å². The van der Waals surface area contributed by atoms with Gasteiger partial charge in [0.15, 0.2) is 0 Å². The third-order valence-corrected chi connectivity index (χ3v) is 8.85. The second-order valence-electron chi connectivity index (χ2n) is 10.6. The Morgan fingerprint density at radius 1 is 0.763 bits per heavy atom. The van der Waals surface area contributed by atoms with Gasteiger partial charge < -0.3 is 4.57 Å². The van der Waals surface area contributed by atoms with Crippen LogP contribution in [0.25, 0.3) is 5.69 Å². The fraction of sp³-hybridized carbons (Fsp3) is 0.219. The van der Waals surface area contributed by atoms with Gasteiger partial charge in [-0.3, -0.25) is 9.59 Å². The minimum atomic E-state index is -0.434. The van der Waals surface area contributed by atoms with E-state index in [-0.39, 0.29) is 23.7 Å². The summed E-state index contributed by atoms with van der Waals surface area (Å²) in [5, 5.41) is 6.32. The lowest BCUT2D eigenvalue weighted by atomic mass is 9.55. The molecule has 2 amide bonds. The summed E-state index contributed by atoms with van der Waals surface area (Å²) in [6.45, 7) is 6.08. The first-order valence-corrected chi connectivity index (χ1v) is 13.3. The van der Waals surface area contributed by atoms with Crippen molar-refractivity contribution in [1.29, 1.82) is 0 Å². The average molecular weight is 520 g/mol. The molecule has 1 aromatic heterocycles.